The van der Waals surface area contributed by atoms with Crippen LogP contribution in [0.1, 0.15) is 15.9 Å². The molecule has 0 fully saturated rings. The number of rotatable bonds is 5. The molecule has 0 aliphatic carbocycles. The number of carbonyl (C=O) groups is 1. The van der Waals surface area contributed by atoms with Crippen LogP contribution in [0.25, 0.3) is 0 Å². The first-order valence-electron chi connectivity index (χ1n) is 6.44. The molecule has 0 aliphatic rings. The molecule has 0 radical (unpaired) electrons. The fourth-order valence-electron chi connectivity index (χ4n) is 1.91. The van der Waals surface area contributed by atoms with Gasteiger partial charge in [-0.15, -0.1) is 0 Å². The molecule has 0 unspecified atom stereocenters. The molecule has 0 aliphatic heterocycles. The monoisotopic (exact) mass is 414 g/mol. The van der Waals surface area contributed by atoms with Crippen molar-refractivity contribution in [3.8, 4) is 0 Å². The minimum Gasteiger partial charge on any atom is -0.352 e. The molecule has 5 nitrogen and oxygen atoms in total. The smallest absolute Gasteiger partial charge is 0.270 e. The Morgan fingerprint density at radius 3 is 2.73 bits per heavy atom. The van der Waals surface area contributed by atoms with Gasteiger partial charge >= 0.3 is 0 Å². The first-order valence-corrected chi connectivity index (χ1v) is 7.52. The van der Waals surface area contributed by atoms with Crippen molar-refractivity contribution >= 4 is 34.2 Å². The van der Waals surface area contributed by atoms with Gasteiger partial charge in [-0.05, 0) is 52.8 Å². The lowest BCUT2D eigenvalue weighted by Crippen LogP contribution is -2.26. The summed E-state index contributed by atoms with van der Waals surface area (Å²) in [5.74, 6) is -0.707. The number of hydrogen-bond acceptors (Lipinski definition) is 3. The number of nitrogens with zero attached hydrogens (tertiary/aromatic N) is 1. The third-order valence-electron chi connectivity index (χ3n) is 2.99. The van der Waals surface area contributed by atoms with Gasteiger partial charge in [0.05, 0.1) is 10.5 Å². The van der Waals surface area contributed by atoms with E-state index in [1.807, 2.05) is 22.6 Å². The van der Waals surface area contributed by atoms with E-state index < -0.39 is 4.92 Å². The second-order valence-electron chi connectivity index (χ2n) is 4.56. The predicted molar refractivity (Wildman–Crippen MR) is 88.3 cm³/mol. The van der Waals surface area contributed by atoms with Crippen LogP contribution >= 0.6 is 22.6 Å². The van der Waals surface area contributed by atoms with Crippen LogP contribution in [0, 0.1) is 19.5 Å². The van der Waals surface area contributed by atoms with Gasteiger partial charge < -0.3 is 5.32 Å². The van der Waals surface area contributed by atoms with Crippen LogP contribution in [0.2, 0.25) is 0 Å². The van der Waals surface area contributed by atoms with Crippen LogP contribution in [-0.4, -0.2) is 17.4 Å². The minimum atomic E-state index is -0.542. The quantitative estimate of drug-likeness (QED) is 0.464. The molecule has 0 aromatic heterocycles. The van der Waals surface area contributed by atoms with Crippen LogP contribution in [0.3, 0.4) is 0 Å². The number of nitro benzene ring substituents is 1. The van der Waals surface area contributed by atoms with Crippen LogP contribution in [0.15, 0.2) is 42.5 Å². The highest BCUT2D eigenvalue weighted by Gasteiger charge is 2.15. The van der Waals surface area contributed by atoms with E-state index in [0.717, 1.165) is 5.56 Å². The second kappa shape index (κ2) is 7.30. The zero-order valence-corrected chi connectivity index (χ0v) is 13.5. The number of nitro groups is 1. The van der Waals surface area contributed by atoms with Gasteiger partial charge in [0.1, 0.15) is 5.82 Å². The Balaban J connectivity index is 2.00. The van der Waals surface area contributed by atoms with E-state index >= 15 is 0 Å². The summed E-state index contributed by atoms with van der Waals surface area (Å²) in [6.07, 6.45) is 0.481. The number of halogens is 2. The maximum Gasteiger partial charge on any atom is 0.270 e. The first kappa shape index (κ1) is 16.3. The zero-order valence-electron chi connectivity index (χ0n) is 11.4. The second-order valence-corrected chi connectivity index (χ2v) is 5.72. The number of hydrogen-bond donors (Lipinski definition) is 1. The van der Waals surface area contributed by atoms with E-state index in [1.165, 1.54) is 30.3 Å². The lowest BCUT2D eigenvalue weighted by atomic mass is 10.1. The summed E-state index contributed by atoms with van der Waals surface area (Å²) in [6, 6.07) is 10.3. The molecule has 0 bridgehead atoms. The van der Waals surface area contributed by atoms with Gasteiger partial charge in [-0.1, -0.05) is 12.1 Å². The molecule has 7 heteroatoms. The molecule has 0 heterocycles. The van der Waals surface area contributed by atoms with E-state index in [-0.39, 0.29) is 23.0 Å². The van der Waals surface area contributed by atoms with Gasteiger partial charge in [-0.2, -0.15) is 0 Å². The van der Waals surface area contributed by atoms with Gasteiger partial charge in [0.25, 0.3) is 11.6 Å². The maximum absolute atomic E-state index is 13.0. The lowest BCUT2D eigenvalue weighted by molar-refractivity contribution is -0.384. The summed E-state index contributed by atoms with van der Waals surface area (Å²) >= 11 is 1.95. The summed E-state index contributed by atoms with van der Waals surface area (Å²) in [6.45, 7) is 0.320. The number of carbonyl (C=O) groups excluding carboxylic acids is 1. The summed E-state index contributed by atoms with van der Waals surface area (Å²) in [7, 11) is 0. The van der Waals surface area contributed by atoms with E-state index in [1.54, 1.807) is 12.1 Å². The Hall–Kier alpha value is -2.03. The normalized spacial score (nSPS) is 10.3. The molecule has 0 saturated carbocycles. The van der Waals surface area contributed by atoms with Gasteiger partial charge in [0, 0.05) is 22.2 Å². The molecule has 0 saturated heterocycles. The van der Waals surface area contributed by atoms with Gasteiger partial charge in [0.2, 0.25) is 0 Å². The first-order chi connectivity index (χ1) is 10.5. The SMILES string of the molecule is O=C(NCCc1cccc(F)c1)c1cc([N+](=O)[O-])ccc1I. The molecule has 1 amide bonds. The molecule has 22 heavy (non-hydrogen) atoms. The van der Waals surface area contributed by atoms with Crippen LogP contribution < -0.4 is 5.32 Å². The van der Waals surface area contributed by atoms with E-state index in [0.29, 0.717) is 16.5 Å². The van der Waals surface area contributed by atoms with Crippen LogP contribution in [0.4, 0.5) is 10.1 Å². The average molecular weight is 414 g/mol. The predicted octanol–water partition coefficient (Wildman–Crippen LogP) is 3.31. The highest BCUT2D eigenvalue weighted by Crippen LogP contribution is 2.19. The van der Waals surface area contributed by atoms with Crippen LogP contribution in [0.5, 0.6) is 0 Å². The average Bonchev–Trinajstić information content (AvgIpc) is 2.47. The molecule has 0 spiro atoms. The van der Waals surface area contributed by atoms with Crippen molar-refractivity contribution in [1.29, 1.82) is 0 Å². The molecule has 1 N–H and O–H groups in total. The Bertz CT molecular complexity index is 722. The maximum atomic E-state index is 13.0. The van der Waals surface area contributed by atoms with Crippen molar-refractivity contribution in [1.82, 2.24) is 5.32 Å². The largest absolute Gasteiger partial charge is 0.352 e. The molecule has 2 rings (SSSR count). The van der Waals surface area contributed by atoms with Crippen molar-refractivity contribution < 1.29 is 14.1 Å². The van der Waals surface area contributed by atoms with Crippen molar-refractivity contribution in [2.24, 2.45) is 0 Å². The Kier molecular flexibility index (Phi) is 5.42. The Morgan fingerprint density at radius 1 is 1.27 bits per heavy atom. The highest BCUT2D eigenvalue weighted by molar-refractivity contribution is 14.1. The third kappa shape index (κ3) is 4.23. The molecular formula is C15H12FIN2O3. The number of non-ortho nitro benzene ring substituents is 1. The van der Waals surface area contributed by atoms with Gasteiger partial charge in [-0.3, -0.25) is 14.9 Å². The van der Waals surface area contributed by atoms with Crippen molar-refractivity contribution in [2.75, 3.05) is 6.54 Å². The van der Waals surface area contributed by atoms with Crippen molar-refractivity contribution in [3.05, 3.63) is 73.1 Å². The lowest BCUT2D eigenvalue weighted by Gasteiger charge is -2.07. The molecule has 114 valence electrons. The number of benzene rings is 2. The van der Waals surface area contributed by atoms with E-state index in [4.69, 9.17) is 0 Å². The summed E-state index contributed by atoms with van der Waals surface area (Å²) in [5, 5.41) is 13.4. The topological polar surface area (TPSA) is 72.2 Å². The van der Waals surface area contributed by atoms with E-state index in [2.05, 4.69) is 5.32 Å². The fourth-order valence-corrected chi connectivity index (χ4v) is 2.49. The fraction of sp³-hybridized carbons (Fsp3) is 0.133. The summed E-state index contributed by atoms with van der Waals surface area (Å²) in [4.78, 5) is 22.3. The van der Waals surface area contributed by atoms with E-state index in [9.17, 15) is 19.3 Å². The molecule has 2 aromatic carbocycles. The van der Waals surface area contributed by atoms with Gasteiger partial charge in [-0.25, -0.2) is 4.39 Å². The molecular weight excluding hydrogens is 402 g/mol. The third-order valence-corrected chi connectivity index (χ3v) is 3.93. The van der Waals surface area contributed by atoms with Crippen molar-refractivity contribution in [3.63, 3.8) is 0 Å². The van der Waals surface area contributed by atoms with Crippen LogP contribution in [-0.2, 0) is 6.42 Å². The standard InChI is InChI=1S/C15H12FIN2O3/c16-11-3-1-2-10(8-11)6-7-18-15(20)13-9-12(19(21)22)4-5-14(13)17/h1-5,8-9H,6-7H2,(H,18,20). The number of amides is 1. The molecule has 0 atom stereocenters. The zero-order chi connectivity index (χ0) is 16.1. The highest BCUT2D eigenvalue weighted by atomic mass is 127. The molecule has 2 aromatic rings. The minimum absolute atomic E-state index is 0.129. The summed E-state index contributed by atoms with van der Waals surface area (Å²) in [5.41, 5.74) is 0.902. The Labute approximate surface area is 139 Å². The van der Waals surface area contributed by atoms with Gasteiger partial charge in [0.15, 0.2) is 0 Å². The summed E-state index contributed by atoms with van der Waals surface area (Å²) < 4.78 is 13.7. The number of nitrogens with one attached hydrogen (secondary N) is 1. The Morgan fingerprint density at radius 2 is 2.05 bits per heavy atom. The van der Waals surface area contributed by atoms with Crippen molar-refractivity contribution in [2.45, 2.75) is 6.42 Å².